The maximum atomic E-state index is 12.3. The van der Waals surface area contributed by atoms with Crippen molar-refractivity contribution >= 4 is 5.91 Å². The van der Waals surface area contributed by atoms with E-state index in [4.69, 9.17) is 0 Å². The monoisotopic (exact) mass is 336 g/mol. The second-order valence-electron chi connectivity index (χ2n) is 6.29. The minimum absolute atomic E-state index is 0.0994. The van der Waals surface area contributed by atoms with E-state index in [1.807, 2.05) is 37.3 Å². The van der Waals surface area contributed by atoms with Crippen molar-refractivity contribution in [1.29, 1.82) is 0 Å². The summed E-state index contributed by atoms with van der Waals surface area (Å²) in [5, 5.41) is 32.8. The van der Waals surface area contributed by atoms with Crippen LogP contribution in [0, 0.1) is 0 Å². The van der Waals surface area contributed by atoms with E-state index in [0.29, 0.717) is 13.1 Å². The molecule has 2 rings (SSSR count). The number of likely N-dealkylation sites (N-methyl/N-ethyl adjacent to an activating group) is 1. The van der Waals surface area contributed by atoms with Gasteiger partial charge in [0, 0.05) is 13.0 Å². The predicted molar refractivity (Wildman–Crippen MR) is 91.4 cm³/mol. The summed E-state index contributed by atoms with van der Waals surface area (Å²) in [7, 11) is 0. The van der Waals surface area contributed by atoms with Crippen LogP contribution in [0.4, 0.5) is 0 Å². The number of benzene rings is 1. The molecular formula is C18H28N2O4. The Kier molecular flexibility index (Phi) is 7.17. The molecule has 134 valence electrons. The number of rotatable bonds is 7. The zero-order chi connectivity index (χ0) is 17.5. The number of aliphatic hydroxyl groups is 3. The normalized spacial score (nSPS) is 27.8. The van der Waals surface area contributed by atoms with E-state index in [9.17, 15) is 20.1 Å². The van der Waals surface area contributed by atoms with E-state index < -0.39 is 24.3 Å². The van der Waals surface area contributed by atoms with Crippen LogP contribution in [0.1, 0.15) is 25.3 Å². The first-order valence-corrected chi connectivity index (χ1v) is 8.62. The quantitative estimate of drug-likeness (QED) is 0.559. The van der Waals surface area contributed by atoms with Crippen LogP contribution in [-0.2, 0) is 11.2 Å². The standard InChI is InChI=1S/C18H28N2O4/c1-2-19-18(24)17-16(23)11-15(22)14(12-21)20(17)10-6-9-13-7-4-3-5-8-13/h3-5,7-8,14-17,21-23H,2,6,9-12H2,1H3,(H,19,24)/t14-,15+,16+,17+/m1/s1. The smallest absolute Gasteiger partial charge is 0.240 e. The van der Waals surface area contributed by atoms with Crippen molar-refractivity contribution in [3.05, 3.63) is 35.9 Å². The van der Waals surface area contributed by atoms with Crippen LogP contribution in [0.3, 0.4) is 0 Å². The lowest BCUT2D eigenvalue weighted by molar-refractivity contribution is -0.145. The highest BCUT2D eigenvalue weighted by Gasteiger charge is 2.44. The topological polar surface area (TPSA) is 93.0 Å². The number of hydrogen-bond acceptors (Lipinski definition) is 5. The number of piperidine rings is 1. The highest BCUT2D eigenvalue weighted by molar-refractivity contribution is 5.82. The van der Waals surface area contributed by atoms with Gasteiger partial charge in [0.05, 0.1) is 24.9 Å². The van der Waals surface area contributed by atoms with Crippen molar-refractivity contribution in [1.82, 2.24) is 10.2 Å². The number of amides is 1. The Balaban J connectivity index is 2.07. The lowest BCUT2D eigenvalue weighted by Gasteiger charge is -2.45. The van der Waals surface area contributed by atoms with Gasteiger partial charge in [-0.15, -0.1) is 0 Å². The second-order valence-corrected chi connectivity index (χ2v) is 6.29. The molecule has 1 aliphatic heterocycles. The van der Waals surface area contributed by atoms with Crippen molar-refractivity contribution in [2.75, 3.05) is 19.7 Å². The van der Waals surface area contributed by atoms with E-state index in [1.165, 1.54) is 5.56 Å². The van der Waals surface area contributed by atoms with Crippen LogP contribution in [0.2, 0.25) is 0 Å². The van der Waals surface area contributed by atoms with Crippen molar-refractivity contribution < 1.29 is 20.1 Å². The second kappa shape index (κ2) is 9.13. The molecule has 1 amide bonds. The van der Waals surface area contributed by atoms with Crippen molar-refractivity contribution in [2.24, 2.45) is 0 Å². The Bertz CT molecular complexity index is 511. The van der Waals surface area contributed by atoms with Crippen LogP contribution in [0.15, 0.2) is 30.3 Å². The third-order valence-electron chi connectivity index (χ3n) is 4.61. The van der Waals surface area contributed by atoms with Gasteiger partial charge in [-0.25, -0.2) is 0 Å². The van der Waals surface area contributed by atoms with E-state index in [0.717, 1.165) is 12.8 Å². The Morgan fingerprint density at radius 3 is 2.58 bits per heavy atom. The average molecular weight is 336 g/mol. The van der Waals surface area contributed by atoms with Crippen molar-refractivity contribution in [3.8, 4) is 0 Å². The lowest BCUT2D eigenvalue weighted by atomic mass is 9.89. The molecule has 4 atom stereocenters. The molecule has 0 saturated carbocycles. The number of hydrogen-bond donors (Lipinski definition) is 4. The number of carbonyl (C=O) groups excluding carboxylic acids is 1. The molecule has 1 fully saturated rings. The van der Waals surface area contributed by atoms with Gasteiger partial charge in [0.25, 0.3) is 0 Å². The number of nitrogens with one attached hydrogen (secondary N) is 1. The molecular weight excluding hydrogens is 308 g/mol. The molecule has 0 unspecified atom stereocenters. The number of aryl methyl sites for hydroxylation is 1. The van der Waals surface area contributed by atoms with Gasteiger partial charge in [-0.05, 0) is 31.9 Å². The minimum Gasteiger partial charge on any atom is -0.395 e. The van der Waals surface area contributed by atoms with Crippen LogP contribution < -0.4 is 5.32 Å². The average Bonchev–Trinajstić information content (AvgIpc) is 2.56. The van der Waals surface area contributed by atoms with Crippen LogP contribution >= 0.6 is 0 Å². The van der Waals surface area contributed by atoms with E-state index in [1.54, 1.807) is 4.90 Å². The zero-order valence-electron chi connectivity index (χ0n) is 14.1. The molecule has 6 heteroatoms. The summed E-state index contributed by atoms with van der Waals surface area (Å²) in [5.41, 5.74) is 1.20. The van der Waals surface area contributed by atoms with Crippen LogP contribution in [0.25, 0.3) is 0 Å². The molecule has 0 aromatic heterocycles. The minimum atomic E-state index is -0.939. The third-order valence-corrected chi connectivity index (χ3v) is 4.61. The summed E-state index contributed by atoms with van der Waals surface area (Å²) in [4.78, 5) is 14.1. The van der Waals surface area contributed by atoms with Gasteiger partial charge >= 0.3 is 0 Å². The Morgan fingerprint density at radius 2 is 1.96 bits per heavy atom. The van der Waals surface area contributed by atoms with Gasteiger partial charge in [-0.2, -0.15) is 0 Å². The molecule has 0 bridgehead atoms. The summed E-state index contributed by atoms with van der Waals surface area (Å²) in [6.45, 7) is 2.59. The Hall–Kier alpha value is -1.47. The fourth-order valence-corrected chi connectivity index (χ4v) is 3.43. The van der Waals surface area contributed by atoms with Gasteiger partial charge in [0.15, 0.2) is 0 Å². The highest BCUT2D eigenvalue weighted by atomic mass is 16.3. The SMILES string of the molecule is CCNC(=O)[C@@H]1[C@@H](O)C[C@H](O)[C@@H](CO)N1CCCc1ccccc1. The summed E-state index contributed by atoms with van der Waals surface area (Å²) in [6, 6.07) is 8.76. The molecule has 1 aromatic rings. The van der Waals surface area contributed by atoms with Gasteiger partial charge < -0.3 is 20.6 Å². The molecule has 24 heavy (non-hydrogen) atoms. The molecule has 4 N–H and O–H groups in total. The van der Waals surface area contributed by atoms with Gasteiger partial charge in [-0.1, -0.05) is 30.3 Å². The fourth-order valence-electron chi connectivity index (χ4n) is 3.43. The van der Waals surface area contributed by atoms with Crippen molar-refractivity contribution in [3.63, 3.8) is 0 Å². The Morgan fingerprint density at radius 1 is 1.25 bits per heavy atom. The lowest BCUT2D eigenvalue weighted by Crippen LogP contribution is -2.65. The van der Waals surface area contributed by atoms with Gasteiger partial charge in [-0.3, -0.25) is 9.69 Å². The first-order valence-electron chi connectivity index (χ1n) is 8.62. The van der Waals surface area contributed by atoms with Crippen LogP contribution in [0.5, 0.6) is 0 Å². The summed E-state index contributed by atoms with van der Waals surface area (Å²) >= 11 is 0. The summed E-state index contributed by atoms with van der Waals surface area (Å²) < 4.78 is 0. The molecule has 1 aliphatic rings. The molecule has 1 saturated heterocycles. The largest absolute Gasteiger partial charge is 0.395 e. The number of carbonyl (C=O) groups is 1. The zero-order valence-corrected chi connectivity index (χ0v) is 14.1. The summed E-state index contributed by atoms with van der Waals surface area (Å²) in [6.07, 6.45) is -0.0690. The van der Waals surface area contributed by atoms with Crippen LogP contribution in [-0.4, -0.2) is 70.1 Å². The van der Waals surface area contributed by atoms with E-state index >= 15 is 0 Å². The van der Waals surface area contributed by atoms with Gasteiger partial charge in [0.1, 0.15) is 6.04 Å². The molecule has 0 aliphatic carbocycles. The predicted octanol–water partition coefficient (Wildman–Crippen LogP) is -0.0877. The molecule has 1 heterocycles. The first-order chi connectivity index (χ1) is 11.6. The van der Waals surface area contributed by atoms with E-state index in [2.05, 4.69) is 5.32 Å². The molecule has 1 aromatic carbocycles. The Labute approximate surface area is 143 Å². The maximum absolute atomic E-state index is 12.3. The van der Waals surface area contributed by atoms with Gasteiger partial charge in [0.2, 0.25) is 5.91 Å². The molecule has 6 nitrogen and oxygen atoms in total. The molecule has 0 spiro atoms. The first kappa shape index (κ1) is 18.9. The number of likely N-dealkylation sites (tertiary alicyclic amines) is 1. The maximum Gasteiger partial charge on any atom is 0.240 e. The number of aliphatic hydroxyl groups excluding tert-OH is 3. The fraction of sp³-hybridized carbons (Fsp3) is 0.611. The molecule has 0 radical (unpaired) electrons. The number of nitrogens with zero attached hydrogens (tertiary/aromatic N) is 1. The van der Waals surface area contributed by atoms with Crippen molar-refractivity contribution in [2.45, 2.75) is 50.5 Å². The van der Waals surface area contributed by atoms with E-state index in [-0.39, 0.29) is 18.9 Å². The third kappa shape index (κ3) is 4.54. The summed E-state index contributed by atoms with van der Waals surface area (Å²) in [5.74, 6) is -0.255. The highest BCUT2D eigenvalue weighted by Crippen LogP contribution is 2.25.